The van der Waals surface area contributed by atoms with Crippen LogP contribution in [0.25, 0.3) is 11.0 Å². The van der Waals surface area contributed by atoms with Crippen LogP contribution >= 0.6 is 0 Å². The van der Waals surface area contributed by atoms with Crippen LogP contribution in [0.4, 0.5) is 0 Å². The largest absolute Gasteiger partial charge is 0.390 e. The van der Waals surface area contributed by atoms with Gasteiger partial charge in [-0.05, 0) is 24.7 Å². The highest BCUT2D eigenvalue weighted by Gasteiger charge is 2.15. The summed E-state index contributed by atoms with van der Waals surface area (Å²) in [4.78, 5) is 6.51. The molecule has 1 aromatic heterocycles. The van der Waals surface area contributed by atoms with Crippen LogP contribution in [-0.2, 0) is 19.7 Å². The van der Waals surface area contributed by atoms with E-state index in [1.165, 1.54) is 5.56 Å². The van der Waals surface area contributed by atoms with Gasteiger partial charge < -0.3 is 14.8 Å². The second kappa shape index (κ2) is 7.57. The molecule has 0 aliphatic heterocycles. The fraction of sp³-hybridized carbons (Fsp3) is 0.316. The lowest BCUT2D eigenvalue weighted by Crippen LogP contribution is -2.32. The molecule has 0 aliphatic rings. The fourth-order valence-corrected chi connectivity index (χ4v) is 3.04. The number of aliphatic hydroxyl groups excluding tert-OH is 2. The number of likely N-dealkylation sites (N-methyl/N-ethyl adjacent to an activating group) is 1. The molecule has 5 heteroatoms. The maximum atomic E-state index is 10.5. The van der Waals surface area contributed by atoms with Crippen LogP contribution in [-0.4, -0.2) is 44.4 Å². The van der Waals surface area contributed by atoms with Crippen LogP contribution in [0.15, 0.2) is 54.6 Å². The molecule has 0 fully saturated rings. The van der Waals surface area contributed by atoms with Gasteiger partial charge >= 0.3 is 0 Å². The van der Waals surface area contributed by atoms with E-state index in [2.05, 4.69) is 22.0 Å². The summed E-state index contributed by atoms with van der Waals surface area (Å²) in [5.41, 5.74) is 2.99. The van der Waals surface area contributed by atoms with Crippen molar-refractivity contribution in [3.05, 3.63) is 66.0 Å². The Labute approximate surface area is 141 Å². The summed E-state index contributed by atoms with van der Waals surface area (Å²) in [5.74, 6) is 0.584. The monoisotopic (exact) mass is 325 g/mol. The van der Waals surface area contributed by atoms with Gasteiger partial charge in [-0.2, -0.15) is 0 Å². The Kier molecular flexibility index (Phi) is 5.25. The smallest absolute Gasteiger partial charge is 0.135 e. The highest BCUT2D eigenvalue weighted by atomic mass is 16.3. The number of nitrogens with zero attached hydrogens (tertiary/aromatic N) is 3. The van der Waals surface area contributed by atoms with Gasteiger partial charge in [0, 0.05) is 13.1 Å². The van der Waals surface area contributed by atoms with Gasteiger partial charge in [-0.25, -0.2) is 4.98 Å². The van der Waals surface area contributed by atoms with Gasteiger partial charge in [-0.1, -0.05) is 42.5 Å². The molecule has 3 aromatic rings. The fourth-order valence-electron chi connectivity index (χ4n) is 3.04. The third kappa shape index (κ3) is 3.82. The van der Waals surface area contributed by atoms with E-state index in [0.717, 1.165) is 17.6 Å². The minimum atomic E-state index is -0.540. The van der Waals surface area contributed by atoms with E-state index in [-0.39, 0.29) is 6.61 Å². The van der Waals surface area contributed by atoms with Crippen LogP contribution in [0.3, 0.4) is 0 Å². The topological polar surface area (TPSA) is 61.5 Å². The van der Waals surface area contributed by atoms with Crippen LogP contribution in [0.1, 0.15) is 11.4 Å². The number of benzene rings is 2. The number of aliphatic hydroxyl groups is 2. The average molecular weight is 325 g/mol. The third-order valence-electron chi connectivity index (χ3n) is 4.09. The van der Waals surface area contributed by atoms with E-state index in [1.54, 1.807) is 0 Å². The van der Waals surface area contributed by atoms with Crippen LogP contribution < -0.4 is 0 Å². The molecule has 0 bridgehead atoms. The molecule has 126 valence electrons. The first-order valence-corrected chi connectivity index (χ1v) is 8.13. The summed E-state index contributed by atoms with van der Waals surface area (Å²) < 4.78 is 1.90. The Hall–Kier alpha value is -2.21. The second-order valence-electron chi connectivity index (χ2n) is 6.12. The summed E-state index contributed by atoms with van der Waals surface area (Å²) >= 11 is 0. The minimum absolute atomic E-state index is 0.138. The number of para-hydroxylation sites is 2. The number of rotatable bonds is 7. The maximum Gasteiger partial charge on any atom is 0.135 e. The van der Waals surface area contributed by atoms with Gasteiger partial charge in [0.25, 0.3) is 0 Å². The molecule has 1 atom stereocenters. The molecule has 0 saturated carbocycles. The van der Waals surface area contributed by atoms with E-state index in [0.29, 0.717) is 18.9 Å². The zero-order chi connectivity index (χ0) is 16.9. The van der Waals surface area contributed by atoms with Gasteiger partial charge in [-0.3, -0.25) is 4.90 Å². The van der Waals surface area contributed by atoms with Crippen molar-refractivity contribution in [3.63, 3.8) is 0 Å². The zero-order valence-corrected chi connectivity index (χ0v) is 13.8. The quantitative estimate of drug-likeness (QED) is 0.698. The molecule has 5 nitrogen and oxygen atoms in total. The van der Waals surface area contributed by atoms with Crippen molar-refractivity contribution in [1.82, 2.24) is 14.5 Å². The molecule has 3 rings (SSSR count). The first kappa shape index (κ1) is 16.6. The van der Waals surface area contributed by atoms with E-state index in [9.17, 15) is 10.2 Å². The predicted molar refractivity (Wildman–Crippen MR) is 94.4 cm³/mol. The number of imidazole rings is 1. The average Bonchev–Trinajstić information content (AvgIpc) is 2.93. The highest BCUT2D eigenvalue weighted by molar-refractivity contribution is 5.75. The summed E-state index contributed by atoms with van der Waals surface area (Å²) in [6, 6.07) is 17.9. The molecule has 1 heterocycles. The van der Waals surface area contributed by atoms with Gasteiger partial charge in [0.1, 0.15) is 12.4 Å². The van der Waals surface area contributed by atoms with Crippen molar-refractivity contribution in [2.45, 2.75) is 25.8 Å². The Morgan fingerprint density at radius 3 is 2.54 bits per heavy atom. The molecule has 0 spiro atoms. The lowest BCUT2D eigenvalue weighted by molar-refractivity contribution is 0.106. The van der Waals surface area contributed by atoms with Gasteiger partial charge in [0.15, 0.2) is 0 Å². The summed E-state index contributed by atoms with van der Waals surface area (Å²) in [6.45, 7) is 1.61. The van der Waals surface area contributed by atoms with Crippen LogP contribution in [0.2, 0.25) is 0 Å². The van der Waals surface area contributed by atoms with Crippen molar-refractivity contribution in [2.75, 3.05) is 13.6 Å². The van der Waals surface area contributed by atoms with E-state index in [1.807, 2.05) is 54.1 Å². The zero-order valence-electron chi connectivity index (χ0n) is 13.8. The first-order chi connectivity index (χ1) is 11.7. The lowest BCUT2D eigenvalue weighted by atomic mass is 10.2. The molecule has 24 heavy (non-hydrogen) atoms. The van der Waals surface area contributed by atoms with E-state index in [4.69, 9.17) is 0 Å². The minimum Gasteiger partial charge on any atom is -0.390 e. The van der Waals surface area contributed by atoms with Gasteiger partial charge in [-0.15, -0.1) is 0 Å². The van der Waals surface area contributed by atoms with Crippen molar-refractivity contribution in [2.24, 2.45) is 0 Å². The maximum absolute atomic E-state index is 10.5. The van der Waals surface area contributed by atoms with Crippen LogP contribution in [0, 0.1) is 0 Å². The van der Waals surface area contributed by atoms with Crippen molar-refractivity contribution >= 4 is 11.0 Å². The predicted octanol–water partition coefficient (Wildman–Crippen LogP) is 2.02. The summed E-state index contributed by atoms with van der Waals surface area (Å²) in [5, 5.41) is 20.0. The van der Waals surface area contributed by atoms with Crippen molar-refractivity contribution in [3.8, 4) is 0 Å². The van der Waals surface area contributed by atoms with Gasteiger partial charge in [0.05, 0.1) is 23.7 Å². The molecule has 0 saturated heterocycles. The van der Waals surface area contributed by atoms with Gasteiger partial charge in [0.2, 0.25) is 0 Å². The SMILES string of the molecule is CN(Cc1ccccc1)C[C@@H](O)Cn1c(CO)nc2ccccc21. The van der Waals surface area contributed by atoms with E-state index < -0.39 is 6.10 Å². The summed E-state index contributed by atoms with van der Waals surface area (Å²) in [7, 11) is 2.00. The van der Waals surface area contributed by atoms with Crippen LogP contribution in [0.5, 0.6) is 0 Å². The molecule has 0 aliphatic carbocycles. The molecule has 2 aromatic carbocycles. The Bertz CT molecular complexity index is 786. The highest BCUT2D eigenvalue weighted by Crippen LogP contribution is 2.17. The molecular formula is C19H23N3O2. The number of hydrogen-bond acceptors (Lipinski definition) is 4. The molecule has 2 N–H and O–H groups in total. The normalized spacial score (nSPS) is 12.8. The van der Waals surface area contributed by atoms with Crippen molar-refractivity contribution < 1.29 is 10.2 Å². The number of fused-ring (bicyclic) bond motifs is 1. The second-order valence-corrected chi connectivity index (χ2v) is 6.12. The Balaban J connectivity index is 1.67. The molecule has 0 amide bonds. The lowest BCUT2D eigenvalue weighted by Gasteiger charge is -2.21. The third-order valence-corrected chi connectivity index (χ3v) is 4.09. The molecular weight excluding hydrogens is 302 g/mol. The Morgan fingerprint density at radius 1 is 1.08 bits per heavy atom. The first-order valence-electron chi connectivity index (χ1n) is 8.13. The molecule has 0 radical (unpaired) electrons. The van der Waals surface area contributed by atoms with Crippen molar-refractivity contribution in [1.29, 1.82) is 0 Å². The standard InChI is InChI=1S/C19H23N3O2/c1-21(11-15-7-3-2-4-8-15)12-16(24)13-22-18-10-6-5-9-17(18)20-19(22)14-23/h2-10,16,23-24H,11-14H2,1H3/t16-/m1/s1. The molecule has 0 unspecified atom stereocenters. The Morgan fingerprint density at radius 2 is 1.79 bits per heavy atom. The van der Waals surface area contributed by atoms with E-state index >= 15 is 0 Å². The number of aromatic nitrogens is 2. The summed E-state index contributed by atoms with van der Waals surface area (Å²) in [6.07, 6.45) is -0.540. The number of hydrogen-bond donors (Lipinski definition) is 2.